The van der Waals surface area contributed by atoms with Crippen LogP contribution in [0.1, 0.15) is 48.9 Å². The molecule has 0 nitrogen and oxygen atoms in total. The van der Waals surface area contributed by atoms with Crippen LogP contribution >= 0.6 is 0 Å². The van der Waals surface area contributed by atoms with Crippen molar-refractivity contribution in [3.63, 3.8) is 0 Å². The van der Waals surface area contributed by atoms with Gasteiger partial charge in [-0.3, -0.25) is 0 Å². The van der Waals surface area contributed by atoms with Gasteiger partial charge in [-0.2, -0.15) is 0 Å². The Morgan fingerprint density at radius 1 is 0.750 bits per heavy atom. The van der Waals surface area contributed by atoms with Crippen LogP contribution in [0.25, 0.3) is 11.6 Å². The molecule has 0 heteroatoms. The summed E-state index contributed by atoms with van der Waals surface area (Å²) in [6.07, 6.45) is 12.0. The molecular formula is C32H36. The second kappa shape index (κ2) is 12.5. The predicted octanol–water partition coefficient (Wildman–Crippen LogP) is 9.10. The van der Waals surface area contributed by atoms with Gasteiger partial charge in [-0.1, -0.05) is 121 Å². The van der Waals surface area contributed by atoms with Gasteiger partial charge in [0.25, 0.3) is 0 Å². The Labute approximate surface area is 195 Å². The zero-order valence-corrected chi connectivity index (χ0v) is 19.8. The van der Waals surface area contributed by atoms with Gasteiger partial charge in [0, 0.05) is 0 Å². The molecule has 164 valence electrons. The zero-order chi connectivity index (χ0) is 23.5. The number of rotatable bonds is 12. The molecule has 0 heterocycles. The maximum absolute atomic E-state index is 4.27. The largest absolute Gasteiger partial charge is 0.100 e. The Hall–Kier alpha value is -3.38. The average Bonchev–Trinajstić information content (AvgIpc) is 2.75. The molecule has 0 aliphatic heterocycles. The average molecular weight is 421 g/mol. The van der Waals surface area contributed by atoms with Crippen LogP contribution in [-0.4, -0.2) is 0 Å². The summed E-state index contributed by atoms with van der Waals surface area (Å²) in [6.45, 7) is 24.6. The molecule has 0 spiro atoms. The van der Waals surface area contributed by atoms with Crippen LogP contribution < -0.4 is 0 Å². The first kappa shape index (κ1) is 24.9. The fourth-order valence-corrected chi connectivity index (χ4v) is 3.33. The van der Waals surface area contributed by atoms with E-state index in [1.54, 1.807) is 0 Å². The summed E-state index contributed by atoms with van der Waals surface area (Å²) in [6, 6.07) is 17.1. The first-order chi connectivity index (χ1) is 15.2. The fourth-order valence-electron chi connectivity index (χ4n) is 3.33. The molecule has 0 fully saturated rings. The summed E-state index contributed by atoms with van der Waals surface area (Å²) in [7, 11) is 0. The van der Waals surface area contributed by atoms with Crippen molar-refractivity contribution in [2.45, 2.75) is 39.5 Å². The number of benzene rings is 2. The van der Waals surface area contributed by atoms with Crippen molar-refractivity contribution in [1.29, 1.82) is 0 Å². The van der Waals surface area contributed by atoms with Gasteiger partial charge in [0.2, 0.25) is 0 Å². The van der Waals surface area contributed by atoms with Crippen molar-refractivity contribution < 1.29 is 0 Å². The van der Waals surface area contributed by atoms with E-state index in [0.29, 0.717) is 0 Å². The summed E-state index contributed by atoms with van der Waals surface area (Å²) in [5.74, 6) is 0. The van der Waals surface area contributed by atoms with Crippen molar-refractivity contribution in [3.05, 3.63) is 144 Å². The van der Waals surface area contributed by atoms with Gasteiger partial charge in [-0.15, -0.1) is 6.58 Å². The summed E-state index contributed by atoms with van der Waals surface area (Å²) < 4.78 is 0. The van der Waals surface area contributed by atoms with E-state index in [9.17, 15) is 0 Å². The SMILES string of the molecule is C=C(C)C=CC(=C)Cc1cccc(C(=C)C=Cc2cccc(CC(=C)CCC(=C)C)c2)c1. The summed E-state index contributed by atoms with van der Waals surface area (Å²) in [5.41, 5.74) is 10.3. The van der Waals surface area contributed by atoms with E-state index in [0.717, 1.165) is 48.0 Å². The Balaban J connectivity index is 2.02. The van der Waals surface area contributed by atoms with Crippen LogP contribution in [0.4, 0.5) is 0 Å². The van der Waals surface area contributed by atoms with Gasteiger partial charge in [0.05, 0.1) is 0 Å². The van der Waals surface area contributed by atoms with Crippen molar-refractivity contribution in [1.82, 2.24) is 0 Å². The Bertz CT molecular complexity index is 1070. The van der Waals surface area contributed by atoms with Crippen molar-refractivity contribution in [2.24, 2.45) is 0 Å². The monoisotopic (exact) mass is 420 g/mol. The van der Waals surface area contributed by atoms with Gasteiger partial charge in [0.1, 0.15) is 0 Å². The Morgan fingerprint density at radius 3 is 2.12 bits per heavy atom. The molecule has 0 aliphatic carbocycles. The molecular weight excluding hydrogens is 384 g/mol. The molecule has 0 saturated heterocycles. The highest BCUT2D eigenvalue weighted by atomic mass is 14.1. The van der Waals surface area contributed by atoms with E-state index in [1.165, 1.54) is 27.8 Å². The first-order valence-corrected chi connectivity index (χ1v) is 11.1. The molecule has 0 amide bonds. The Kier molecular flexibility index (Phi) is 9.70. The summed E-state index contributed by atoms with van der Waals surface area (Å²) in [5, 5.41) is 0. The smallest absolute Gasteiger partial charge is 0.00314 e. The van der Waals surface area contributed by atoms with Crippen LogP contribution in [0.2, 0.25) is 0 Å². The van der Waals surface area contributed by atoms with Gasteiger partial charge >= 0.3 is 0 Å². The van der Waals surface area contributed by atoms with E-state index in [1.807, 2.05) is 19.1 Å². The highest BCUT2D eigenvalue weighted by molar-refractivity contribution is 5.77. The summed E-state index contributed by atoms with van der Waals surface area (Å²) >= 11 is 0. The second-order valence-electron chi connectivity index (χ2n) is 8.70. The molecule has 0 radical (unpaired) electrons. The van der Waals surface area contributed by atoms with Crippen LogP contribution in [0.15, 0.2) is 122 Å². The van der Waals surface area contributed by atoms with Crippen molar-refractivity contribution in [2.75, 3.05) is 0 Å². The predicted molar refractivity (Wildman–Crippen MR) is 145 cm³/mol. The standard InChI is InChI=1S/C32H36/c1-24(2)14-16-26(5)20-30-11-8-10-29(22-30)19-18-28(7)32-13-9-12-31(23-32)21-27(6)17-15-25(3)4/h8-13,15,17-19,22-23H,1,3,5-7,14,16,20-21H2,2,4H3. The van der Waals surface area contributed by atoms with E-state index in [4.69, 9.17) is 0 Å². The van der Waals surface area contributed by atoms with E-state index < -0.39 is 0 Å². The molecule has 2 rings (SSSR count). The fraction of sp³-hybridized carbons (Fsp3) is 0.188. The van der Waals surface area contributed by atoms with Gasteiger partial charge in [-0.25, -0.2) is 0 Å². The van der Waals surface area contributed by atoms with E-state index in [-0.39, 0.29) is 0 Å². The van der Waals surface area contributed by atoms with Crippen molar-refractivity contribution >= 4 is 11.6 Å². The third-order valence-electron chi connectivity index (χ3n) is 5.12. The topological polar surface area (TPSA) is 0 Å². The Morgan fingerprint density at radius 2 is 1.44 bits per heavy atom. The lowest BCUT2D eigenvalue weighted by atomic mass is 9.98. The molecule has 32 heavy (non-hydrogen) atoms. The molecule has 0 bridgehead atoms. The van der Waals surface area contributed by atoms with E-state index in [2.05, 4.69) is 101 Å². The molecule has 2 aromatic rings. The van der Waals surface area contributed by atoms with Crippen LogP contribution in [0.5, 0.6) is 0 Å². The number of allylic oxidation sites excluding steroid dienone is 8. The maximum atomic E-state index is 4.27. The number of hydrogen-bond donors (Lipinski definition) is 0. The van der Waals surface area contributed by atoms with Gasteiger partial charge < -0.3 is 0 Å². The van der Waals surface area contributed by atoms with Crippen LogP contribution in [0, 0.1) is 0 Å². The second-order valence-corrected chi connectivity index (χ2v) is 8.70. The normalized spacial score (nSPS) is 11.1. The molecule has 0 saturated carbocycles. The van der Waals surface area contributed by atoms with Gasteiger partial charge in [-0.05, 0) is 67.4 Å². The van der Waals surface area contributed by atoms with Crippen LogP contribution in [0.3, 0.4) is 0 Å². The first-order valence-electron chi connectivity index (χ1n) is 11.1. The minimum Gasteiger partial charge on any atom is -0.100 e. The lowest BCUT2D eigenvalue weighted by molar-refractivity contribution is 0.895. The zero-order valence-electron chi connectivity index (χ0n) is 19.8. The van der Waals surface area contributed by atoms with Crippen molar-refractivity contribution in [3.8, 4) is 0 Å². The maximum Gasteiger partial charge on any atom is -0.00314 e. The molecule has 0 unspecified atom stereocenters. The molecule has 0 atom stereocenters. The minimum atomic E-state index is 0.811. The lowest BCUT2D eigenvalue weighted by Crippen LogP contribution is -1.91. The lowest BCUT2D eigenvalue weighted by Gasteiger charge is -2.08. The molecule has 2 aromatic carbocycles. The minimum absolute atomic E-state index is 0.811. The molecule has 0 N–H and O–H groups in total. The number of hydrogen-bond acceptors (Lipinski definition) is 0. The highest BCUT2D eigenvalue weighted by Crippen LogP contribution is 2.20. The third kappa shape index (κ3) is 9.18. The summed E-state index contributed by atoms with van der Waals surface area (Å²) in [4.78, 5) is 0. The van der Waals surface area contributed by atoms with Crippen LogP contribution in [-0.2, 0) is 12.8 Å². The third-order valence-corrected chi connectivity index (χ3v) is 5.12. The highest BCUT2D eigenvalue weighted by Gasteiger charge is 2.02. The molecule has 0 aromatic heterocycles. The van der Waals surface area contributed by atoms with Gasteiger partial charge in [0.15, 0.2) is 0 Å². The quantitative estimate of drug-likeness (QED) is 0.237. The molecule has 0 aliphatic rings. The van der Waals surface area contributed by atoms with E-state index >= 15 is 0 Å².